The van der Waals surface area contributed by atoms with Crippen LogP contribution in [0.2, 0.25) is 6.55 Å². The third kappa shape index (κ3) is 3.84. The molecule has 0 aliphatic rings. The quantitative estimate of drug-likeness (QED) is 0.728. The van der Waals surface area contributed by atoms with Gasteiger partial charge in [-0.25, -0.2) is 0 Å². The molecular weight excluding hydrogens is 222 g/mol. The lowest BCUT2D eigenvalue weighted by molar-refractivity contribution is 0.434. The van der Waals surface area contributed by atoms with Gasteiger partial charge in [0.1, 0.15) is 0 Å². The normalized spacial score (nSPS) is 11.4. The molecule has 17 heavy (non-hydrogen) atoms. The monoisotopic (exact) mass is 241 g/mol. The lowest BCUT2D eigenvalue weighted by Crippen LogP contribution is -2.24. The molecule has 0 fully saturated rings. The van der Waals surface area contributed by atoms with Gasteiger partial charge in [0.15, 0.2) is 0 Å². The summed E-state index contributed by atoms with van der Waals surface area (Å²) in [6, 6.07) is 21.5. The van der Waals surface area contributed by atoms with Crippen LogP contribution in [0.3, 0.4) is 0 Å². The summed E-state index contributed by atoms with van der Waals surface area (Å²) >= 11 is 0. The average Bonchev–Trinajstić information content (AvgIpc) is 2.40. The Labute approximate surface area is 106 Å². The maximum atomic E-state index is 2.59. The van der Waals surface area contributed by atoms with Crippen molar-refractivity contribution in [3.63, 3.8) is 0 Å². The van der Waals surface area contributed by atoms with Crippen molar-refractivity contribution in [3.05, 3.63) is 71.8 Å². The first-order valence-electron chi connectivity index (χ1n) is 6.18. The van der Waals surface area contributed by atoms with Crippen molar-refractivity contribution in [2.24, 2.45) is 0 Å². The van der Waals surface area contributed by atoms with Crippen molar-refractivity contribution in [1.82, 2.24) is 4.57 Å². The molecule has 0 aliphatic heterocycles. The van der Waals surface area contributed by atoms with Crippen LogP contribution in [0.25, 0.3) is 0 Å². The SMILES string of the molecule is C[SiH2]N(Cc1ccccc1)Cc1ccccc1. The van der Waals surface area contributed by atoms with Crippen LogP contribution >= 0.6 is 0 Å². The Morgan fingerprint density at radius 1 is 0.765 bits per heavy atom. The Morgan fingerprint density at radius 3 is 1.53 bits per heavy atom. The molecule has 2 heteroatoms. The van der Waals surface area contributed by atoms with Gasteiger partial charge in [0.2, 0.25) is 0 Å². The highest BCUT2D eigenvalue weighted by molar-refractivity contribution is 6.29. The van der Waals surface area contributed by atoms with E-state index >= 15 is 0 Å². The average molecular weight is 241 g/mol. The zero-order valence-corrected chi connectivity index (χ0v) is 11.8. The molecule has 0 amide bonds. The molecule has 0 aromatic heterocycles. The standard InChI is InChI=1S/C15H19NSi/c1-17-16(12-14-8-4-2-5-9-14)13-15-10-6-3-7-11-15/h2-11H,12-13,17H2,1H3. The lowest BCUT2D eigenvalue weighted by atomic mass is 10.2. The molecule has 0 N–H and O–H groups in total. The van der Waals surface area contributed by atoms with E-state index in [0.29, 0.717) is 0 Å². The van der Waals surface area contributed by atoms with E-state index in [9.17, 15) is 0 Å². The fraction of sp³-hybridized carbons (Fsp3) is 0.200. The van der Waals surface area contributed by atoms with Gasteiger partial charge < -0.3 is 4.57 Å². The van der Waals surface area contributed by atoms with Crippen molar-refractivity contribution >= 4 is 9.68 Å². The summed E-state index contributed by atoms with van der Waals surface area (Å²) < 4.78 is 2.59. The summed E-state index contributed by atoms with van der Waals surface area (Å²) in [5, 5.41) is 0. The predicted octanol–water partition coefficient (Wildman–Crippen LogP) is 2.82. The number of hydrogen-bond acceptors (Lipinski definition) is 1. The van der Waals surface area contributed by atoms with Gasteiger partial charge in [0.05, 0.1) is 9.68 Å². The molecule has 0 unspecified atom stereocenters. The summed E-state index contributed by atoms with van der Waals surface area (Å²) in [6.45, 7) is 4.52. The van der Waals surface area contributed by atoms with Crippen LogP contribution in [0.5, 0.6) is 0 Å². The Bertz CT molecular complexity index is 386. The van der Waals surface area contributed by atoms with Crippen molar-refractivity contribution in [2.45, 2.75) is 19.6 Å². The zero-order chi connectivity index (χ0) is 11.9. The van der Waals surface area contributed by atoms with Gasteiger partial charge in [-0.2, -0.15) is 0 Å². The van der Waals surface area contributed by atoms with Crippen LogP contribution in [-0.2, 0) is 13.1 Å². The van der Waals surface area contributed by atoms with Crippen molar-refractivity contribution < 1.29 is 0 Å². The Hall–Kier alpha value is -1.38. The van der Waals surface area contributed by atoms with Gasteiger partial charge in [-0.1, -0.05) is 67.2 Å². The molecule has 0 radical (unpaired) electrons. The minimum atomic E-state index is -0.126. The van der Waals surface area contributed by atoms with E-state index in [4.69, 9.17) is 0 Å². The molecule has 0 heterocycles. The molecule has 0 saturated carbocycles. The Morgan fingerprint density at radius 2 is 1.18 bits per heavy atom. The molecule has 2 aromatic carbocycles. The molecule has 1 nitrogen and oxygen atoms in total. The summed E-state index contributed by atoms with van der Waals surface area (Å²) in [6.07, 6.45) is 0. The Balaban J connectivity index is 1.98. The maximum Gasteiger partial charge on any atom is 0.0928 e. The molecule has 2 rings (SSSR count). The molecule has 0 atom stereocenters. The van der Waals surface area contributed by atoms with Crippen LogP contribution in [0.15, 0.2) is 60.7 Å². The fourth-order valence-corrected chi connectivity index (χ4v) is 2.93. The lowest BCUT2D eigenvalue weighted by Gasteiger charge is -2.20. The molecular formula is C15H19NSi. The summed E-state index contributed by atoms with van der Waals surface area (Å²) in [7, 11) is -0.126. The largest absolute Gasteiger partial charge is 0.322 e. The summed E-state index contributed by atoms with van der Waals surface area (Å²) in [5.74, 6) is 0. The highest BCUT2D eigenvalue weighted by atomic mass is 28.2. The van der Waals surface area contributed by atoms with Crippen LogP contribution in [-0.4, -0.2) is 14.2 Å². The first-order valence-corrected chi connectivity index (χ1v) is 8.23. The van der Waals surface area contributed by atoms with Crippen LogP contribution in [0.1, 0.15) is 11.1 Å². The second-order valence-corrected chi connectivity index (χ2v) is 5.80. The second kappa shape index (κ2) is 6.38. The minimum Gasteiger partial charge on any atom is -0.322 e. The smallest absolute Gasteiger partial charge is 0.0928 e. The number of rotatable bonds is 5. The van der Waals surface area contributed by atoms with Gasteiger partial charge in [0, 0.05) is 13.1 Å². The molecule has 0 spiro atoms. The summed E-state index contributed by atoms with van der Waals surface area (Å²) in [4.78, 5) is 0. The van der Waals surface area contributed by atoms with Gasteiger partial charge in [-0.3, -0.25) is 0 Å². The number of nitrogens with zero attached hydrogens (tertiary/aromatic N) is 1. The zero-order valence-electron chi connectivity index (χ0n) is 10.3. The van der Waals surface area contributed by atoms with Crippen molar-refractivity contribution in [3.8, 4) is 0 Å². The molecule has 88 valence electrons. The van der Waals surface area contributed by atoms with E-state index < -0.39 is 0 Å². The third-order valence-electron chi connectivity index (χ3n) is 2.95. The second-order valence-electron chi connectivity index (χ2n) is 4.27. The van der Waals surface area contributed by atoms with Gasteiger partial charge in [0.25, 0.3) is 0 Å². The van der Waals surface area contributed by atoms with E-state index in [0.717, 1.165) is 13.1 Å². The first-order chi connectivity index (χ1) is 8.38. The first kappa shape index (κ1) is 12.1. The molecule has 2 aromatic rings. The van der Waals surface area contributed by atoms with Crippen LogP contribution in [0.4, 0.5) is 0 Å². The molecule has 0 aliphatic carbocycles. The van der Waals surface area contributed by atoms with Gasteiger partial charge >= 0.3 is 0 Å². The Kier molecular flexibility index (Phi) is 4.53. The van der Waals surface area contributed by atoms with Crippen molar-refractivity contribution in [1.29, 1.82) is 0 Å². The van der Waals surface area contributed by atoms with Gasteiger partial charge in [-0.05, 0) is 11.1 Å². The van der Waals surface area contributed by atoms with Gasteiger partial charge in [-0.15, -0.1) is 0 Å². The molecule has 0 saturated heterocycles. The van der Waals surface area contributed by atoms with E-state index in [2.05, 4.69) is 71.8 Å². The topological polar surface area (TPSA) is 3.24 Å². The molecule has 0 bridgehead atoms. The van der Waals surface area contributed by atoms with Crippen molar-refractivity contribution in [2.75, 3.05) is 0 Å². The van der Waals surface area contributed by atoms with E-state index in [1.807, 2.05) is 0 Å². The van der Waals surface area contributed by atoms with Crippen LogP contribution in [0, 0.1) is 0 Å². The van der Waals surface area contributed by atoms with E-state index in [1.165, 1.54) is 11.1 Å². The number of hydrogen-bond donors (Lipinski definition) is 0. The minimum absolute atomic E-state index is 0.126. The van der Waals surface area contributed by atoms with E-state index in [1.54, 1.807) is 0 Å². The maximum absolute atomic E-state index is 2.59. The predicted molar refractivity (Wildman–Crippen MR) is 76.5 cm³/mol. The van der Waals surface area contributed by atoms with E-state index in [-0.39, 0.29) is 9.68 Å². The third-order valence-corrected chi connectivity index (χ3v) is 4.29. The summed E-state index contributed by atoms with van der Waals surface area (Å²) in [5.41, 5.74) is 2.83. The number of benzene rings is 2. The highest BCUT2D eigenvalue weighted by Crippen LogP contribution is 2.08. The fourth-order valence-electron chi connectivity index (χ4n) is 1.96. The highest BCUT2D eigenvalue weighted by Gasteiger charge is 2.04. The van der Waals surface area contributed by atoms with Crippen LogP contribution < -0.4 is 0 Å².